The molecular formula is C11H10ClNO. The molecule has 1 heterocycles. The summed E-state index contributed by atoms with van der Waals surface area (Å²) in [7, 11) is 0. The first kappa shape index (κ1) is 9.28. The summed E-state index contributed by atoms with van der Waals surface area (Å²) < 4.78 is 0. The molecule has 0 saturated heterocycles. The van der Waals surface area contributed by atoms with Gasteiger partial charge in [0.2, 0.25) is 5.91 Å². The molecule has 0 radical (unpaired) electrons. The molecule has 0 bridgehead atoms. The molecular weight excluding hydrogens is 198 g/mol. The topological polar surface area (TPSA) is 20.3 Å². The van der Waals surface area contributed by atoms with E-state index in [-0.39, 0.29) is 5.91 Å². The van der Waals surface area contributed by atoms with Crippen LogP contribution in [-0.2, 0) is 17.9 Å². The quantitative estimate of drug-likeness (QED) is 0.648. The fraction of sp³-hybridized carbons (Fsp3) is 0.182. The first-order valence-corrected chi connectivity index (χ1v) is 4.77. The zero-order valence-corrected chi connectivity index (χ0v) is 8.42. The third kappa shape index (κ3) is 1.53. The monoisotopic (exact) mass is 207 g/mol. The van der Waals surface area contributed by atoms with Crippen LogP contribution in [0.1, 0.15) is 11.1 Å². The van der Waals surface area contributed by atoms with Crippen LogP contribution >= 0.6 is 11.6 Å². The lowest BCUT2D eigenvalue weighted by molar-refractivity contribution is -0.126. The average molecular weight is 208 g/mol. The van der Waals surface area contributed by atoms with E-state index in [0.717, 1.165) is 10.6 Å². The highest BCUT2D eigenvalue weighted by Crippen LogP contribution is 2.25. The van der Waals surface area contributed by atoms with E-state index in [0.29, 0.717) is 13.1 Å². The van der Waals surface area contributed by atoms with Crippen molar-refractivity contribution in [3.8, 4) is 0 Å². The Morgan fingerprint density at radius 3 is 2.86 bits per heavy atom. The lowest BCUT2D eigenvalue weighted by atomic mass is 10.1. The molecule has 0 aromatic heterocycles. The Bertz CT molecular complexity index is 400. The smallest absolute Gasteiger partial charge is 0.246 e. The zero-order valence-electron chi connectivity index (χ0n) is 7.66. The van der Waals surface area contributed by atoms with E-state index in [1.807, 2.05) is 18.2 Å². The molecule has 72 valence electrons. The summed E-state index contributed by atoms with van der Waals surface area (Å²) in [6, 6.07) is 5.73. The van der Waals surface area contributed by atoms with Crippen molar-refractivity contribution >= 4 is 17.5 Å². The normalized spacial score (nSPS) is 13.9. The molecule has 0 fully saturated rings. The minimum atomic E-state index is -0.0303. The van der Waals surface area contributed by atoms with Gasteiger partial charge in [0.25, 0.3) is 0 Å². The van der Waals surface area contributed by atoms with Crippen molar-refractivity contribution in [2.24, 2.45) is 0 Å². The standard InChI is InChI=1S/C11H10ClNO/c1-2-11(14)13-6-8-3-4-10(12)5-9(8)7-13/h2-5H,1,6-7H2. The van der Waals surface area contributed by atoms with Gasteiger partial charge in [-0.2, -0.15) is 0 Å². The number of carbonyl (C=O) groups excluding carboxylic acids is 1. The van der Waals surface area contributed by atoms with Gasteiger partial charge >= 0.3 is 0 Å². The number of carbonyl (C=O) groups is 1. The van der Waals surface area contributed by atoms with Crippen LogP contribution < -0.4 is 0 Å². The number of hydrogen-bond donors (Lipinski definition) is 0. The van der Waals surface area contributed by atoms with Gasteiger partial charge in [-0.15, -0.1) is 0 Å². The summed E-state index contributed by atoms with van der Waals surface area (Å²) in [6.45, 7) is 4.77. The number of nitrogens with zero attached hydrogens (tertiary/aromatic N) is 1. The van der Waals surface area contributed by atoms with Gasteiger partial charge in [0, 0.05) is 18.1 Å². The Kier molecular flexibility index (Phi) is 2.30. The van der Waals surface area contributed by atoms with E-state index in [2.05, 4.69) is 6.58 Å². The highest BCUT2D eigenvalue weighted by Gasteiger charge is 2.21. The van der Waals surface area contributed by atoms with E-state index in [4.69, 9.17) is 11.6 Å². The van der Waals surface area contributed by atoms with E-state index in [9.17, 15) is 4.79 Å². The molecule has 3 heteroatoms. The van der Waals surface area contributed by atoms with Gasteiger partial charge in [-0.05, 0) is 29.3 Å². The summed E-state index contributed by atoms with van der Waals surface area (Å²) in [6.07, 6.45) is 1.34. The van der Waals surface area contributed by atoms with Crippen molar-refractivity contribution in [1.29, 1.82) is 0 Å². The summed E-state index contributed by atoms with van der Waals surface area (Å²) in [5.41, 5.74) is 2.30. The van der Waals surface area contributed by atoms with Gasteiger partial charge in [0.05, 0.1) is 0 Å². The van der Waals surface area contributed by atoms with E-state index in [1.165, 1.54) is 11.6 Å². The number of amides is 1. The number of hydrogen-bond acceptors (Lipinski definition) is 1. The minimum Gasteiger partial charge on any atom is -0.331 e. The molecule has 1 amide bonds. The summed E-state index contributed by atoms with van der Waals surface area (Å²) in [4.78, 5) is 13.1. The Morgan fingerprint density at radius 1 is 1.43 bits per heavy atom. The van der Waals surface area contributed by atoms with Crippen molar-refractivity contribution in [3.05, 3.63) is 47.0 Å². The molecule has 14 heavy (non-hydrogen) atoms. The van der Waals surface area contributed by atoms with Gasteiger partial charge in [-0.3, -0.25) is 4.79 Å². The summed E-state index contributed by atoms with van der Waals surface area (Å²) in [5, 5.41) is 0.719. The Labute approximate surface area is 87.8 Å². The Morgan fingerprint density at radius 2 is 2.14 bits per heavy atom. The predicted molar refractivity (Wildman–Crippen MR) is 55.9 cm³/mol. The van der Waals surface area contributed by atoms with Crippen LogP contribution in [0.4, 0.5) is 0 Å². The molecule has 0 saturated carbocycles. The first-order valence-electron chi connectivity index (χ1n) is 4.39. The molecule has 1 aliphatic rings. The van der Waals surface area contributed by atoms with Gasteiger partial charge in [0.15, 0.2) is 0 Å². The summed E-state index contributed by atoms with van der Waals surface area (Å²) in [5.74, 6) is -0.0303. The molecule has 0 N–H and O–H groups in total. The average Bonchev–Trinajstić information content (AvgIpc) is 2.59. The molecule has 1 aromatic rings. The molecule has 0 unspecified atom stereocenters. The second-order valence-corrected chi connectivity index (χ2v) is 3.75. The van der Waals surface area contributed by atoms with Crippen LogP contribution in [0.2, 0.25) is 5.02 Å². The second-order valence-electron chi connectivity index (χ2n) is 3.31. The first-order chi connectivity index (χ1) is 6.70. The molecule has 1 aliphatic heterocycles. The van der Waals surface area contributed by atoms with Crippen molar-refractivity contribution in [2.75, 3.05) is 0 Å². The number of rotatable bonds is 1. The number of fused-ring (bicyclic) bond motifs is 1. The van der Waals surface area contributed by atoms with Crippen LogP contribution in [0.25, 0.3) is 0 Å². The fourth-order valence-electron chi connectivity index (χ4n) is 1.65. The molecule has 0 aliphatic carbocycles. The van der Waals surface area contributed by atoms with Gasteiger partial charge in [-0.1, -0.05) is 24.2 Å². The largest absolute Gasteiger partial charge is 0.331 e. The Hall–Kier alpha value is -1.28. The maximum Gasteiger partial charge on any atom is 0.246 e. The van der Waals surface area contributed by atoms with Gasteiger partial charge in [-0.25, -0.2) is 0 Å². The van der Waals surface area contributed by atoms with E-state index >= 15 is 0 Å². The lowest BCUT2D eigenvalue weighted by Crippen LogP contribution is -2.22. The highest BCUT2D eigenvalue weighted by molar-refractivity contribution is 6.30. The van der Waals surface area contributed by atoms with Crippen LogP contribution in [0.5, 0.6) is 0 Å². The maximum absolute atomic E-state index is 11.3. The summed E-state index contributed by atoms with van der Waals surface area (Å²) >= 11 is 5.86. The third-order valence-corrected chi connectivity index (χ3v) is 2.61. The molecule has 2 nitrogen and oxygen atoms in total. The highest BCUT2D eigenvalue weighted by atomic mass is 35.5. The van der Waals surface area contributed by atoms with Gasteiger partial charge < -0.3 is 4.90 Å². The van der Waals surface area contributed by atoms with Crippen molar-refractivity contribution in [2.45, 2.75) is 13.1 Å². The third-order valence-electron chi connectivity index (χ3n) is 2.38. The molecule has 0 spiro atoms. The molecule has 1 aromatic carbocycles. The Balaban J connectivity index is 2.26. The van der Waals surface area contributed by atoms with Crippen molar-refractivity contribution < 1.29 is 4.79 Å². The predicted octanol–water partition coefficient (Wildman–Crippen LogP) is 2.37. The number of halogens is 1. The lowest BCUT2D eigenvalue weighted by Gasteiger charge is -2.11. The second kappa shape index (κ2) is 3.46. The van der Waals surface area contributed by atoms with Crippen LogP contribution in [0.15, 0.2) is 30.9 Å². The van der Waals surface area contributed by atoms with Crippen LogP contribution in [-0.4, -0.2) is 10.8 Å². The van der Waals surface area contributed by atoms with Crippen LogP contribution in [0.3, 0.4) is 0 Å². The van der Waals surface area contributed by atoms with Crippen molar-refractivity contribution in [3.63, 3.8) is 0 Å². The molecule has 0 atom stereocenters. The maximum atomic E-state index is 11.3. The zero-order chi connectivity index (χ0) is 10.1. The number of benzene rings is 1. The van der Waals surface area contributed by atoms with E-state index < -0.39 is 0 Å². The molecule has 2 rings (SSSR count). The fourth-order valence-corrected chi connectivity index (χ4v) is 1.84. The minimum absolute atomic E-state index is 0.0303. The SMILES string of the molecule is C=CC(=O)N1Cc2ccc(Cl)cc2C1. The van der Waals surface area contributed by atoms with Crippen molar-refractivity contribution in [1.82, 2.24) is 4.90 Å². The van der Waals surface area contributed by atoms with E-state index in [1.54, 1.807) is 4.90 Å². The van der Waals surface area contributed by atoms with Crippen LogP contribution in [0, 0.1) is 0 Å². The van der Waals surface area contributed by atoms with Gasteiger partial charge in [0.1, 0.15) is 0 Å².